The Morgan fingerprint density at radius 1 is 1.25 bits per heavy atom. The Morgan fingerprint density at radius 2 is 2.00 bits per heavy atom. The molecule has 0 radical (unpaired) electrons. The summed E-state index contributed by atoms with van der Waals surface area (Å²) in [5.74, 6) is 0.0734. The minimum Gasteiger partial charge on any atom is -0.365 e. The molecular weight excluding hydrogens is 304 g/mol. The van der Waals surface area contributed by atoms with Crippen LogP contribution >= 0.6 is 0 Å². The molecule has 0 bridgehead atoms. The molecule has 0 unspecified atom stereocenters. The van der Waals surface area contributed by atoms with Crippen LogP contribution in [0.3, 0.4) is 0 Å². The molecule has 134 valence electrons. The van der Waals surface area contributed by atoms with E-state index in [1.807, 2.05) is 6.08 Å². The van der Waals surface area contributed by atoms with E-state index >= 15 is 0 Å². The highest BCUT2D eigenvalue weighted by molar-refractivity contribution is 5.57. The molecule has 1 heterocycles. The lowest BCUT2D eigenvalue weighted by Crippen LogP contribution is -2.52. The monoisotopic (exact) mass is 334 g/mol. The third kappa shape index (κ3) is 2.89. The lowest BCUT2D eigenvalue weighted by atomic mass is 9.47. The number of fused-ring (bicyclic) bond motifs is 1. The second-order valence-electron chi connectivity index (χ2n) is 8.72. The van der Waals surface area contributed by atoms with E-state index < -0.39 is 12.2 Å². The molecule has 6 atom stereocenters. The molecule has 0 aromatic heterocycles. The predicted octanol–water partition coefficient (Wildman–Crippen LogP) is 3.81. The summed E-state index contributed by atoms with van der Waals surface area (Å²) in [7, 11) is 0. The van der Waals surface area contributed by atoms with Crippen molar-refractivity contribution in [1.82, 2.24) is 0 Å². The Hall–Kier alpha value is -0.970. The van der Waals surface area contributed by atoms with Crippen molar-refractivity contribution in [1.29, 1.82) is 0 Å². The average molecular weight is 334 g/mol. The average Bonchev–Trinajstić information content (AvgIpc) is 2.68. The van der Waals surface area contributed by atoms with Gasteiger partial charge in [0.2, 0.25) is 6.29 Å². The normalized spacial score (nSPS) is 45.3. The van der Waals surface area contributed by atoms with E-state index in [0.29, 0.717) is 17.6 Å². The fourth-order valence-electron chi connectivity index (χ4n) is 5.65. The van der Waals surface area contributed by atoms with Gasteiger partial charge in [-0.15, -0.1) is 0 Å². The summed E-state index contributed by atoms with van der Waals surface area (Å²) < 4.78 is 0. The Kier molecular flexibility index (Phi) is 4.75. The van der Waals surface area contributed by atoms with Crippen LogP contribution in [0.4, 0.5) is 0 Å². The molecule has 2 fully saturated rings. The van der Waals surface area contributed by atoms with Crippen molar-refractivity contribution >= 4 is 6.29 Å². The van der Waals surface area contributed by atoms with Crippen molar-refractivity contribution in [3.8, 4) is 0 Å². The summed E-state index contributed by atoms with van der Waals surface area (Å²) in [6.07, 6.45) is 8.54. The van der Waals surface area contributed by atoms with Gasteiger partial charge in [0.05, 0.1) is 5.92 Å². The topological polar surface area (TPSA) is 55.8 Å². The van der Waals surface area contributed by atoms with Crippen LogP contribution in [0.2, 0.25) is 0 Å². The number of aliphatic hydroxyl groups is 1. The van der Waals surface area contributed by atoms with Crippen LogP contribution < -0.4 is 0 Å². The molecular formula is C20H30O4. The highest BCUT2D eigenvalue weighted by Crippen LogP contribution is 2.62. The maximum absolute atomic E-state index is 11.1. The molecule has 0 spiro atoms. The zero-order valence-corrected chi connectivity index (χ0v) is 15.0. The van der Waals surface area contributed by atoms with Gasteiger partial charge in [-0.3, -0.25) is 0 Å². The van der Waals surface area contributed by atoms with Crippen molar-refractivity contribution < 1.29 is 19.7 Å². The summed E-state index contributed by atoms with van der Waals surface area (Å²) in [4.78, 5) is 21.8. The first-order chi connectivity index (χ1) is 11.3. The third-order valence-electron chi connectivity index (χ3n) is 6.78. The van der Waals surface area contributed by atoms with Crippen LogP contribution in [0.15, 0.2) is 24.3 Å². The Bertz CT molecular complexity index is 538. The van der Waals surface area contributed by atoms with Gasteiger partial charge >= 0.3 is 0 Å². The van der Waals surface area contributed by atoms with Gasteiger partial charge in [-0.2, -0.15) is 0 Å². The number of rotatable bonds is 2. The number of hydrogen-bond donors (Lipinski definition) is 1. The molecule has 4 nitrogen and oxygen atoms in total. The van der Waals surface area contributed by atoms with Gasteiger partial charge in [0.15, 0.2) is 0 Å². The summed E-state index contributed by atoms with van der Waals surface area (Å²) in [6.45, 7) is 11.5. The lowest BCUT2D eigenvalue weighted by molar-refractivity contribution is -0.394. The fraction of sp³-hybridized carbons (Fsp3) is 0.750. The van der Waals surface area contributed by atoms with Crippen LogP contribution in [0.25, 0.3) is 0 Å². The highest BCUT2D eigenvalue weighted by atomic mass is 17.2. The van der Waals surface area contributed by atoms with Gasteiger partial charge in [0, 0.05) is 5.92 Å². The minimum absolute atomic E-state index is 0.0986. The smallest absolute Gasteiger partial charge is 0.201 e. The molecule has 1 aliphatic heterocycles. The maximum atomic E-state index is 11.1. The largest absolute Gasteiger partial charge is 0.365 e. The van der Waals surface area contributed by atoms with Crippen LogP contribution in [-0.2, 0) is 14.6 Å². The van der Waals surface area contributed by atoms with Crippen LogP contribution in [-0.4, -0.2) is 23.8 Å². The Morgan fingerprint density at radius 3 is 2.71 bits per heavy atom. The summed E-state index contributed by atoms with van der Waals surface area (Å²) in [6, 6.07) is 0. The maximum Gasteiger partial charge on any atom is 0.201 e. The van der Waals surface area contributed by atoms with Crippen molar-refractivity contribution in [2.45, 2.75) is 65.3 Å². The molecule has 2 saturated carbocycles. The summed E-state index contributed by atoms with van der Waals surface area (Å²) in [5.41, 5.74) is 1.61. The number of hydrogen-bond acceptors (Lipinski definition) is 4. The molecule has 2 aliphatic carbocycles. The van der Waals surface area contributed by atoms with E-state index in [9.17, 15) is 9.90 Å². The van der Waals surface area contributed by atoms with E-state index in [2.05, 4.69) is 27.4 Å². The van der Waals surface area contributed by atoms with Gasteiger partial charge in [-0.25, -0.2) is 9.78 Å². The molecule has 1 N–H and O–H groups in total. The number of carbonyl (C=O) groups is 1. The number of carbonyl (C=O) groups excluding carboxylic acids is 1. The van der Waals surface area contributed by atoms with Crippen molar-refractivity contribution in [2.24, 2.45) is 28.6 Å². The molecule has 4 heteroatoms. The van der Waals surface area contributed by atoms with E-state index in [-0.39, 0.29) is 17.4 Å². The van der Waals surface area contributed by atoms with E-state index in [4.69, 9.17) is 9.78 Å². The second-order valence-corrected chi connectivity index (χ2v) is 8.72. The zero-order valence-electron chi connectivity index (χ0n) is 15.0. The number of aliphatic hydroxyl groups excluding tert-OH is 1. The van der Waals surface area contributed by atoms with Crippen LogP contribution in [0.1, 0.15) is 52.9 Å². The Balaban J connectivity index is 1.93. The summed E-state index contributed by atoms with van der Waals surface area (Å²) in [5, 5.41) is 9.86. The molecule has 24 heavy (non-hydrogen) atoms. The van der Waals surface area contributed by atoms with E-state index in [0.717, 1.165) is 12.8 Å². The van der Waals surface area contributed by atoms with Gasteiger partial charge in [0.1, 0.15) is 12.4 Å². The molecule has 3 rings (SSSR count). The lowest BCUT2D eigenvalue weighted by Gasteiger charge is -2.58. The standard InChI is InChI=1S/C20H30O4/c1-13-6-9-16-19(2,3)10-5-11-20(16,4)17(13)15-8-7-14(12-21)18(22)24-23-15/h7-8,12,14-18,22H,1,5-6,9-11H2,2-4H3/t14-,15-,16-,17+,18-,20-/m0/s1. The van der Waals surface area contributed by atoms with E-state index in [1.165, 1.54) is 24.8 Å². The predicted molar refractivity (Wildman–Crippen MR) is 91.8 cm³/mol. The van der Waals surface area contributed by atoms with Gasteiger partial charge in [0.25, 0.3) is 0 Å². The molecule has 3 aliphatic rings. The summed E-state index contributed by atoms with van der Waals surface area (Å²) >= 11 is 0. The first-order valence-electron chi connectivity index (χ1n) is 9.11. The Labute approximate surface area is 144 Å². The van der Waals surface area contributed by atoms with Gasteiger partial charge < -0.3 is 9.90 Å². The van der Waals surface area contributed by atoms with Gasteiger partial charge in [-0.1, -0.05) is 51.5 Å². The van der Waals surface area contributed by atoms with Crippen LogP contribution in [0, 0.1) is 28.6 Å². The quantitative estimate of drug-likeness (QED) is 0.474. The molecule has 0 amide bonds. The van der Waals surface area contributed by atoms with Crippen LogP contribution in [0.5, 0.6) is 0 Å². The highest BCUT2D eigenvalue weighted by Gasteiger charge is 2.55. The molecule has 0 saturated heterocycles. The fourth-order valence-corrected chi connectivity index (χ4v) is 5.65. The minimum atomic E-state index is -1.24. The van der Waals surface area contributed by atoms with Crippen molar-refractivity contribution in [3.05, 3.63) is 24.3 Å². The third-order valence-corrected chi connectivity index (χ3v) is 6.78. The van der Waals surface area contributed by atoms with Crippen molar-refractivity contribution in [3.63, 3.8) is 0 Å². The van der Waals surface area contributed by atoms with E-state index in [1.54, 1.807) is 6.08 Å². The first kappa shape index (κ1) is 17.8. The number of aldehydes is 1. The molecule has 0 aromatic carbocycles. The molecule has 0 aromatic rings. The van der Waals surface area contributed by atoms with Gasteiger partial charge in [-0.05, 0) is 42.4 Å². The van der Waals surface area contributed by atoms with Crippen molar-refractivity contribution in [2.75, 3.05) is 0 Å². The second kappa shape index (κ2) is 6.40. The zero-order chi connectivity index (χ0) is 17.5. The SMILES string of the molecule is C=C1CC[C@H]2C(C)(C)CCC[C@]2(C)[C@H]1[C@@H]1C=C[C@@H](C=O)[C@@H](O)OO1. The first-order valence-corrected chi connectivity index (χ1v) is 9.11.